The molecule has 28 heavy (non-hydrogen) atoms. The lowest BCUT2D eigenvalue weighted by molar-refractivity contribution is -0.145. The second-order valence-corrected chi connectivity index (χ2v) is 5.81. The number of benzene rings is 2. The molecule has 1 aliphatic rings. The highest BCUT2D eigenvalue weighted by Gasteiger charge is 2.27. The molecule has 2 aromatic carbocycles. The van der Waals surface area contributed by atoms with Crippen molar-refractivity contribution in [2.24, 2.45) is 0 Å². The summed E-state index contributed by atoms with van der Waals surface area (Å²) < 4.78 is 21.1. The van der Waals surface area contributed by atoms with E-state index < -0.39 is 5.97 Å². The molecule has 0 N–H and O–H groups in total. The molecule has 0 amide bonds. The van der Waals surface area contributed by atoms with E-state index in [0.29, 0.717) is 23.7 Å². The van der Waals surface area contributed by atoms with Crippen molar-refractivity contribution in [1.29, 1.82) is 0 Å². The van der Waals surface area contributed by atoms with Gasteiger partial charge in [-0.3, -0.25) is 4.79 Å². The van der Waals surface area contributed by atoms with Crippen LogP contribution in [0.25, 0.3) is 6.08 Å². The maximum absolute atomic E-state index is 12.5. The molecular weight excluding hydrogens is 360 g/mol. The number of hydrogen-bond acceptors (Lipinski definition) is 6. The zero-order chi connectivity index (χ0) is 19.9. The fraction of sp³-hybridized carbons (Fsp3) is 0.182. The summed E-state index contributed by atoms with van der Waals surface area (Å²) in [6.45, 7) is 1.81. The number of methoxy groups -OCH3 is 1. The first kappa shape index (κ1) is 19.2. The number of allylic oxidation sites excluding steroid dienone is 3. The lowest BCUT2D eigenvalue weighted by Crippen LogP contribution is -2.14. The highest BCUT2D eigenvalue weighted by molar-refractivity contribution is 6.12. The van der Waals surface area contributed by atoms with E-state index >= 15 is 0 Å². The fourth-order valence-electron chi connectivity index (χ4n) is 2.66. The Morgan fingerprint density at radius 3 is 2.79 bits per heavy atom. The van der Waals surface area contributed by atoms with E-state index in [1.165, 1.54) is 0 Å². The Bertz CT molecular complexity index is 942. The van der Waals surface area contributed by atoms with Gasteiger partial charge in [-0.05, 0) is 31.2 Å². The Morgan fingerprint density at radius 2 is 2.00 bits per heavy atom. The van der Waals surface area contributed by atoms with Crippen molar-refractivity contribution in [3.63, 3.8) is 0 Å². The molecule has 0 radical (unpaired) electrons. The number of hydrogen-bond donors (Lipinski definition) is 0. The maximum atomic E-state index is 12.5. The second kappa shape index (κ2) is 8.90. The number of fused-ring (bicyclic) bond motifs is 1. The number of carbonyl (C=O) groups is 2. The topological polar surface area (TPSA) is 71.1 Å². The molecule has 144 valence electrons. The zero-order valence-corrected chi connectivity index (χ0v) is 15.6. The van der Waals surface area contributed by atoms with E-state index in [-0.39, 0.29) is 18.1 Å². The molecule has 0 aromatic heterocycles. The molecule has 1 heterocycles. The standard InChI is InChI=1S/C22H20O6/c1-3-26-21(23)14-27-16-11-12-17-20(13-16)28-19(22(17)24)10-6-8-15-7-4-5-9-18(15)25-2/h4-13H,3,14H2,1-2H3/b8-6+,19-10-. The van der Waals surface area contributed by atoms with Crippen LogP contribution in [-0.4, -0.2) is 32.1 Å². The minimum absolute atomic E-state index is 0.203. The smallest absolute Gasteiger partial charge is 0.344 e. The Labute approximate surface area is 163 Å². The van der Waals surface area contributed by atoms with Crippen LogP contribution in [0.15, 0.2) is 60.4 Å². The zero-order valence-electron chi connectivity index (χ0n) is 15.6. The van der Waals surface area contributed by atoms with Gasteiger partial charge in [0, 0.05) is 11.6 Å². The average molecular weight is 380 g/mol. The summed E-state index contributed by atoms with van der Waals surface area (Å²) in [4.78, 5) is 23.8. The summed E-state index contributed by atoms with van der Waals surface area (Å²) in [5, 5.41) is 0. The average Bonchev–Trinajstić information content (AvgIpc) is 3.02. The van der Waals surface area contributed by atoms with Gasteiger partial charge in [0.05, 0.1) is 19.3 Å². The van der Waals surface area contributed by atoms with Crippen LogP contribution in [0.2, 0.25) is 0 Å². The van der Waals surface area contributed by atoms with E-state index in [1.54, 1.807) is 44.4 Å². The van der Waals surface area contributed by atoms with E-state index in [4.69, 9.17) is 18.9 Å². The van der Waals surface area contributed by atoms with Gasteiger partial charge in [0.1, 0.15) is 17.2 Å². The summed E-state index contributed by atoms with van der Waals surface area (Å²) in [6, 6.07) is 12.4. The molecule has 6 nitrogen and oxygen atoms in total. The molecule has 6 heteroatoms. The highest BCUT2D eigenvalue weighted by Crippen LogP contribution is 2.34. The van der Waals surface area contributed by atoms with Crippen molar-refractivity contribution in [2.75, 3.05) is 20.3 Å². The molecule has 0 bridgehead atoms. The molecule has 2 aromatic rings. The van der Waals surface area contributed by atoms with Gasteiger partial charge < -0.3 is 18.9 Å². The lowest BCUT2D eigenvalue weighted by atomic mass is 10.1. The third-order valence-corrected chi connectivity index (χ3v) is 3.97. The molecule has 0 spiro atoms. The first-order valence-electron chi connectivity index (χ1n) is 8.78. The molecule has 1 aliphatic heterocycles. The van der Waals surface area contributed by atoms with Gasteiger partial charge in [0.25, 0.3) is 0 Å². The van der Waals surface area contributed by atoms with E-state index in [2.05, 4.69) is 0 Å². The molecule has 0 unspecified atom stereocenters. The van der Waals surface area contributed by atoms with Crippen LogP contribution in [-0.2, 0) is 9.53 Å². The summed E-state index contributed by atoms with van der Waals surface area (Å²) in [7, 11) is 1.60. The van der Waals surface area contributed by atoms with Gasteiger partial charge in [-0.1, -0.05) is 30.4 Å². The minimum Gasteiger partial charge on any atom is -0.496 e. The van der Waals surface area contributed by atoms with Crippen LogP contribution in [0.5, 0.6) is 17.2 Å². The first-order valence-corrected chi connectivity index (χ1v) is 8.78. The lowest BCUT2D eigenvalue weighted by Gasteiger charge is -2.06. The fourth-order valence-corrected chi connectivity index (χ4v) is 2.66. The number of carbonyl (C=O) groups excluding carboxylic acids is 2. The Morgan fingerprint density at radius 1 is 1.18 bits per heavy atom. The molecular formula is C22H20O6. The SMILES string of the molecule is CCOC(=O)COc1ccc2c(c1)O/C(=C\C=C\c1ccccc1OC)C2=O. The Kier molecular flexibility index (Phi) is 6.11. The van der Waals surface area contributed by atoms with Crippen molar-refractivity contribution in [3.05, 3.63) is 71.5 Å². The van der Waals surface area contributed by atoms with Gasteiger partial charge in [-0.15, -0.1) is 0 Å². The van der Waals surface area contributed by atoms with Crippen LogP contribution in [0, 0.1) is 0 Å². The third-order valence-electron chi connectivity index (χ3n) is 3.97. The van der Waals surface area contributed by atoms with Crippen molar-refractivity contribution >= 4 is 17.8 Å². The molecule has 3 rings (SSSR count). The summed E-state index contributed by atoms with van der Waals surface area (Å²) in [5.41, 5.74) is 1.33. The van der Waals surface area contributed by atoms with Crippen molar-refractivity contribution in [1.82, 2.24) is 0 Å². The van der Waals surface area contributed by atoms with Crippen LogP contribution < -0.4 is 14.2 Å². The molecule has 0 saturated carbocycles. The number of para-hydroxylation sites is 1. The maximum Gasteiger partial charge on any atom is 0.344 e. The number of Topliss-reactive ketones (excluding diaryl/α,β-unsaturated/α-hetero) is 1. The van der Waals surface area contributed by atoms with Gasteiger partial charge >= 0.3 is 5.97 Å². The number of ether oxygens (including phenoxy) is 4. The van der Waals surface area contributed by atoms with Gasteiger partial charge in [0.2, 0.25) is 5.78 Å². The van der Waals surface area contributed by atoms with Crippen molar-refractivity contribution in [3.8, 4) is 17.2 Å². The Hall–Kier alpha value is -3.54. The molecule has 0 atom stereocenters. The number of esters is 1. The van der Waals surface area contributed by atoms with Crippen molar-refractivity contribution < 1.29 is 28.5 Å². The largest absolute Gasteiger partial charge is 0.496 e. The quantitative estimate of drug-likeness (QED) is 0.537. The number of ketones is 1. The second-order valence-electron chi connectivity index (χ2n) is 5.81. The predicted molar refractivity (Wildman–Crippen MR) is 104 cm³/mol. The van der Waals surface area contributed by atoms with Crippen LogP contribution in [0.3, 0.4) is 0 Å². The third kappa shape index (κ3) is 4.40. The monoisotopic (exact) mass is 380 g/mol. The van der Waals surface area contributed by atoms with Crippen LogP contribution in [0.1, 0.15) is 22.8 Å². The summed E-state index contributed by atoms with van der Waals surface area (Å²) in [5.74, 6) is 1.10. The Balaban J connectivity index is 1.70. The molecule has 0 fully saturated rings. The van der Waals surface area contributed by atoms with E-state index in [0.717, 1.165) is 11.3 Å². The number of rotatable bonds is 7. The minimum atomic E-state index is -0.456. The van der Waals surface area contributed by atoms with Gasteiger partial charge in [0.15, 0.2) is 12.4 Å². The summed E-state index contributed by atoms with van der Waals surface area (Å²) in [6.07, 6.45) is 5.17. The summed E-state index contributed by atoms with van der Waals surface area (Å²) >= 11 is 0. The van der Waals surface area contributed by atoms with Crippen molar-refractivity contribution in [2.45, 2.75) is 6.92 Å². The van der Waals surface area contributed by atoms with Crippen LogP contribution >= 0.6 is 0 Å². The van der Waals surface area contributed by atoms with Crippen LogP contribution in [0.4, 0.5) is 0 Å². The van der Waals surface area contributed by atoms with E-state index in [1.807, 2.05) is 30.3 Å². The molecule has 0 saturated heterocycles. The van der Waals surface area contributed by atoms with E-state index in [9.17, 15) is 9.59 Å². The van der Waals surface area contributed by atoms with Gasteiger partial charge in [-0.2, -0.15) is 0 Å². The highest BCUT2D eigenvalue weighted by atomic mass is 16.6. The first-order chi connectivity index (χ1) is 13.6. The normalized spacial score (nSPS) is 14.1. The molecule has 0 aliphatic carbocycles. The van der Waals surface area contributed by atoms with Gasteiger partial charge in [-0.25, -0.2) is 4.79 Å². The predicted octanol–water partition coefficient (Wildman–Crippen LogP) is 3.81.